The van der Waals surface area contributed by atoms with Crippen LogP contribution in [-0.4, -0.2) is 97.7 Å². The molecule has 0 amide bonds. The van der Waals surface area contributed by atoms with Crippen molar-refractivity contribution in [3.8, 4) is 187 Å². The second-order valence-corrected chi connectivity index (χ2v) is 34.4. The molecule has 0 heterocycles. The van der Waals surface area contributed by atoms with E-state index >= 15 is 0 Å². The molecule has 16 aromatic carbocycles. The number of methoxy groups -OCH3 is 8. The van der Waals surface area contributed by atoms with Crippen LogP contribution in [0, 0.1) is 94.7 Å². The third-order valence-corrected chi connectivity index (χ3v) is 24.7. The van der Waals surface area contributed by atoms with Gasteiger partial charge in [0.05, 0.1) is 56.9 Å². The van der Waals surface area contributed by atoms with Crippen LogP contribution < -0.4 is 37.9 Å². The number of phenols is 8. The van der Waals surface area contributed by atoms with Crippen molar-refractivity contribution in [2.24, 2.45) is 0 Å². The Morgan fingerprint density at radius 1 is 0.125 bits per heavy atom. The molecule has 0 unspecified atom stereocenters. The average Bonchev–Trinajstić information content (AvgIpc) is 0.785. The maximum Gasteiger partial charge on any atom is 0.122 e. The first-order chi connectivity index (χ1) is 70.1. The topological polar surface area (TPSA) is 236 Å². The Balaban J connectivity index is 0.918. The number of hydrogen-bond donors (Lipinski definition) is 8. The minimum Gasteiger partial charge on any atom is -0.507 e. The van der Waals surface area contributed by atoms with Crippen molar-refractivity contribution in [1.82, 2.24) is 0 Å². The van der Waals surface area contributed by atoms with Crippen LogP contribution in [0.25, 0.3) is 0 Å². The lowest BCUT2D eigenvalue weighted by atomic mass is 9.88. The largest absolute Gasteiger partial charge is 0.507 e. The van der Waals surface area contributed by atoms with Crippen LogP contribution in [0.4, 0.5) is 0 Å². The first-order valence-electron chi connectivity index (χ1n) is 46.2. The predicted octanol–water partition coefficient (Wildman–Crippen LogP) is 21.6. The van der Waals surface area contributed by atoms with Gasteiger partial charge in [-0.3, -0.25) is 0 Å². The maximum atomic E-state index is 13.3. The summed E-state index contributed by atoms with van der Waals surface area (Å²) in [5.74, 6) is 56.9. The maximum absolute atomic E-state index is 13.3. The SMILES string of the molecule is COc1ccc(C#Cc2cc3c(O)c(c2)Cc2cc(C#Cc4ccc(OC)cc4)cc(c2O)Cc2cc(C#Cc4ccc(OC)cc4)cc(c2O)Cc2cc(C#Cc4ccc(OC)cc4)cc(c2O)Cc2cc(C#Cc4ccc(OC)cc4)cc(c2O)Cc2cc(C#Cc4ccc(OC)cc4)cc(c2O)Cc2cc(C#Cc4ccc(OC)cc4)cc(c2O)Cc2cc(C#Cc4ccc(OC)cc4)cc(c2O)C3)cc1. The number of ether oxygens (including phenoxy) is 8. The minimum absolute atomic E-state index is 0.136. The van der Waals surface area contributed by atoms with E-state index in [-0.39, 0.29) is 97.4 Å². The number of rotatable bonds is 8. The van der Waals surface area contributed by atoms with Gasteiger partial charge in [-0.1, -0.05) is 94.7 Å². The highest BCUT2D eigenvalue weighted by atomic mass is 16.5. The first kappa shape index (κ1) is 96.5. The lowest BCUT2D eigenvalue weighted by molar-refractivity contribution is 0.414. The summed E-state index contributed by atoms with van der Waals surface area (Å²) >= 11 is 0. The van der Waals surface area contributed by atoms with Gasteiger partial charge in [-0.25, -0.2) is 0 Å². The summed E-state index contributed by atoms with van der Waals surface area (Å²) in [6.45, 7) is 0. The van der Waals surface area contributed by atoms with Crippen molar-refractivity contribution in [2.75, 3.05) is 56.9 Å². The normalized spacial score (nSPS) is 11.2. The van der Waals surface area contributed by atoms with E-state index in [0.29, 0.717) is 224 Å². The van der Waals surface area contributed by atoms with E-state index in [1.165, 1.54) is 0 Å². The van der Waals surface area contributed by atoms with Gasteiger partial charge in [-0.15, -0.1) is 0 Å². The summed E-state index contributed by atoms with van der Waals surface area (Å²) in [7, 11) is 12.7. The molecule has 0 aliphatic heterocycles. The molecule has 17 rings (SSSR count). The summed E-state index contributed by atoms with van der Waals surface area (Å²) in [5.41, 5.74) is 14.1. The van der Waals surface area contributed by atoms with E-state index in [0.717, 1.165) is 0 Å². The van der Waals surface area contributed by atoms with Gasteiger partial charge < -0.3 is 78.7 Å². The van der Waals surface area contributed by atoms with Crippen LogP contribution in [0.2, 0.25) is 0 Å². The summed E-state index contributed by atoms with van der Waals surface area (Å²) in [5, 5.41) is 107. The van der Waals surface area contributed by atoms with Crippen LogP contribution in [-0.2, 0) is 51.4 Å². The fourth-order valence-corrected chi connectivity index (χ4v) is 17.0. The van der Waals surface area contributed by atoms with Crippen LogP contribution in [0.1, 0.15) is 178 Å². The molecule has 0 fully saturated rings. The number of fused-ring (bicyclic) bond motifs is 16. The molecule has 1 aliphatic carbocycles. The van der Waals surface area contributed by atoms with Gasteiger partial charge in [0.15, 0.2) is 0 Å². The van der Waals surface area contributed by atoms with Crippen LogP contribution in [0.15, 0.2) is 291 Å². The zero-order chi connectivity index (χ0) is 100. The molecule has 16 nitrogen and oxygen atoms in total. The highest BCUT2D eigenvalue weighted by Crippen LogP contribution is 2.44. The van der Waals surface area contributed by atoms with Crippen molar-refractivity contribution in [3.05, 3.63) is 469 Å². The molecule has 144 heavy (non-hydrogen) atoms. The third-order valence-electron chi connectivity index (χ3n) is 24.7. The Morgan fingerprint density at radius 2 is 0.201 bits per heavy atom. The van der Waals surface area contributed by atoms with Crippen molar-refractivity contribution >= 4 is 0 Å². The number of benzene rings is 16. The molecule has 0 saturated heterocycles. The average molecular weight is 1890 g/mol. The van der Waals surface area contributed by atoms with Gasteiger partial charge in [-0.2, -0.15) is 0 Å². The van der Waals surface area contributed by atoms with Crippen LogP contribution >= 0.6 is 0 Å². The highest BCUT2D eigenvalue weighted by molar-refractivity contribution is 5.68. The van der Waals surface area contributed by atoms with Crippen LogP contribution in [0.5, 0.6) is 92.0 Å². The highest BCUT2D eigenvalue weighted by Gasteiger charge is 2.26. The summed E-state index contributed by atoms with van der Waals surface area (Å²) in [4.78, 5) is 0. The molecule has 0 radical (unpaired) electrons. The number of aromatic hydroxyl groups is 8. The van der Waals surface area contributed by atoms with E-state index in [1.54, 1.807) is 154 Å². The Bertz CT molecular complexity index is 6530. The molecule has 16 heteroatoms. The lowest BCUT2D eigenvalue weighted by Crippen LogP contribution is -2.03. The molecular formula is C128H96O16. The molecule has 16 aromatic rings. The minimum atomic E-state index is -0.188. The van der Waals surface area contributed by atoms with E-state index in [4.69, 9.17) is 37.9 Å². The van der Waals surface area contributed by atoms with E-state index in [2.05, 4.69) is 94.7 Å². The molecule has 16 bridgehead atoms. The van der Waals surface area contributed by atoms with Gasteiger partial charge in [0.2, 0.25) is 0 Å². The Morgan fingerprint density at radius 3 is 0.278 bits per heavy atom. The molecule has 8 N–H and O–H groups in total. The molecule has 0 aromatic heterocycles. The molecule has 0 atom stereocenters. The molecular weight excluding hydrogens is 1790 g/mol. The van der Waals surface area contributed by atoms with Gasteiger partial charge in [0, 0.05) is 140 Å². The molecule has 0 saturated carbocycles. The predicted molar refractivity (Wildman–Crippen MR) is 559 cm³/mol. The second kappa shape index (κ2) is 44.5. The van der Waals surface area contributed by atoms with E-state index in [9.17, 15) is 40.9 Å². The van der Waals surface area contributed by atoms with Crippen LogP contribution in [0.3, 0.4) is 0 Å². The Hall–Kier alpha value is -19.2. The van der Waals surface area contributed by atoms with E-state index < -0.39 is 0 Å². The smallest absolute Gasteiger partial charge is 0.122 e. The third kappa shape index (κ3) is 23.8. The quantitative estimate of drug-likeness (QED) is 0.0661. The fourth-order valence-electron chi connectivity index (χ4n) is 17.0. The summed E-state index contributed by atoms with van der Waals surface area (Å²) in [6, 6.07) is 86.4. The van der Waals surface area contributed by atoms with Gasteiger partial charge >= 0.3 is 0 Å². The molecule has 1 aliphatic rings. The lowest BCUT2D eigenvalue weighted by Gasteiger charge is -2.18. The number of hydrogen-bond acceptors (Lipinski definition) is 16. The second-order valence-electron chi connectivity index (χ2n) is 34.4. The number of phenolic OH excluding ortho intramolecular Hbond substituents is 8. The standard InChI is InChI=1S/C128H96O16/c1-137-113-41-25-81(26-42-113)9-17-89-57-97-73-99-59-90(18-10-82-27-43-114(138-2)44-28-82)61-101(122(99)130)75-103-63-92(20-12-84-31-47-116(140-4)48-32-84)65-105(124(103)132)77-107-67-94(22-14-86-35-51-118(142-6)52-36-86)69-109(126(107)134)79-111-71-96(24-16-88-39-55-120(144-8)56-40-88)72-112(128(111)136)80-110-70-95(23-15-87-37-53-119(143-7)54-38-87)68-108(127(110)135)78-106-66-93(21-13-85-33-49-117(141-5)50-34-85)64-104(125(106)133)76-102-62-91(19-11-83-29-45-115(139-3)46-30-83)60-100(123(102)131)74-98(58-89)121(97)129/h25-72,129-136H,73-80H2,1-8H3. The van der Waals surface area contributed by atoms with Crippen molar-refractivity contribution in [3.63, 3.8) is 0 Å². The zero-order valence-corrected chi connectivity index (χ0v) is 80.2. The Kier molecular flexibility index (Phi) is 29.8. The van der Waals surface area contributed by atoms with Crippen molar-refractivity contribution < 1.29 is 78.7 Å². The molecule has 0 spiro atoms. The van der Waals surface area contributed by atoms with Crippen molar-refractivity contribution in [2.45, 2.75) is 51.4 Å². The zero-order valence-electron chi connectivity index (χ0n) is 80.2. The van der Waals surface area contributed by atoms with Gasteiger partial charge in [0.25, 0.3) is 0 Å². The first-order valence-corrected chi connectivity index (χ1v) is 46.2. The van der Waals surface area contributed by atoms with Gasteiger partial charge in [-0.05, 0) is 380 Å². The summed E-state index contributed by atoms with van der Waals surface area (Å²) in [6.07, 6.45) is -1.09. The van der Waals surface area contributed by atoms with Crippen molar-refractivity contribution in [1.29, 1.82) is 0 Å². The molecule has 704 valence electrons. The monoisotopic (exact) mass is 1890 g/mol. The fraction of sp³-hybridized carbons (Fsp3) is 0.125. The summed E-state index contributed by atoms with van der Waals surface area (Å²) < 4.78 is 44.2. The van der Waals surface area contributed by atoms with E-state index in [1.807, 2.05) is 194 Å². The van der Waals surface area contributed by atoms with Gasteiger partial charge in [0.1, 0.15) is 92.0 Å². The Labute approximate surface area is 837 Å².